The lowest BCUT2D eigenvalue weighted by atomic mass is 9.83. The lowest BCUT2D eigenvalue weighted by molar-refractivity contribution is -0.157. The van der Waals surface area contributed by atoms with Crippen molar-refractivity contribution in [2.24, 2.45) is 0 Å². The lowest BCUT2D eigenvalue weighted by Gasteiger charge is -2.29. The van der Waals surface area contributed by atoms with Crippen molar-refractivity contribution in [3.63, 3.8) is 0 Å². The summed E-state index contributed by atoms with van der Waals surface area (Å²) in [5, 5.41) is 0. The van der Waals surface area contributed by atoms with Crippen LogP contribution < -0.4 is 9.47 Å². The Morgan fingerprint density at radius 2 is 1.51 bits per heavy atom. The van der Waals surface area contributed by atoms with Gasteiger partial charge in [-0.1, -0.05) is 45.2 Å². The standard InChI is InChI=1S/C29H37FO5/c1-3-5-7-27(30)29(32)35-26-18-10-22(11-19-26)21-8-16-25(17-9-21)34-28(31)23-12-14-24(15-13-23)33-20-6-4-2/h8-9,12-17,22,26-27H,3-7,10-11,18-20H2,1-2H3/t22-,26-,27-/m0/s1. The quantitative estimate of drug-likeness (QED) is 0.181. The van der Waals surface area contributed by atoms with Crippen LogP contribution in [-0.2, 0) is 9.53 Å². The fraction of sp³-hybridized carbons (Fsp3) is 0.517. The molecule has 2 aromatic carbocycles. The van der Waals surface area contributed by atoms with Gasteiger partial charge in [0.15, 0.2) is 6.17 Å². The second-order valence-corrected chi connectivity index (χ2v) is 9.21. The van der Waals surface area contributed by atoms with Crippen LogP contribution in [0, 0.1) is 0 Å². The Morgan fingerprint density at radius 1 is 0.886 bits per heavy atom. The first kappa shape index (κ1) is 26.7. The fourth-order valence-corrected chi connectivity index (χ4v) is 4.25. The van der Waals surface area contributed by atoms with Crippen molar-refractivity contribution in [3.05, 3.63) is 59.7 Å². The summed E-state index contributed by atoms with van der Waals surface area (Å²) in [6, 6.07) is 14.5. The molecule has 0 N–H and O–H groups in total. The number of hydrogen-bond acceptors (Lipinski definition) is 5. The maximum absolute atomic E-state index is 13.9. The minimum Gasteiger partial charge on any atom is -0.494 e. The topological polar surface area (TPSA) is 61.8 Å². The van der Waals surface area contributed by atoms with Crippen LogP contribution in [-0.4, -0.2) is 30.8 Å². The van der Waals surface area contributed by atoms with Crippen molar-refractivity contribution in [2.75, 3.05) is 6.61 Å². The van der Waals surface area contributed by atoms with Crippen LogP contribution in [0.4, 0.5) is 4.39 Å². The van der Waals surface area contributed by atoms with Crippen molar-refractivity contribution in [1.82, 2.24) is 0 Å². The van der Waals surface area contributed by atoms with Crippen LogP contribution in [0.25, 0.3) is 0 Å². The normalized spacial score (nSPS) is 18.5. The first-order chi connectivity index (χ1) is 17.0. The molecule has 1 fully saturated rings. The van der Waals surface area contributed by atoms with Crippen LogP contribution in [0.2, 0.25) is 0 Å². The van der Waals surface area contributed by atoms with E-state index >= 15 is 0 Å². The zero-order chi connectivity index (χ0) is 25.0. The van der Waals surface area contributed by atoms with Crippen molar-refractivity contribution in [2.45, 2.75) is 89.8 Å². The Bertz CT molecular complexity index is 917. The Labute approximate surface area is 208 Å². The van der Waals surface area contributed by atoms with Gasteiger partial charge in [0.2, 0.25) is 0 Å². The molecular formula is C29H37FO5. The number of ether oxygens (including phenoxy) is 3. The zero-order valence-electron chi connectivity index (χ0n) is 20.8. The molecular weight excluding hydrogens is 447 g/mol. The number of rotatable bonds is 12. The van der Waals surface area contributed by atoms with Gasteiger partial charge in [-0.2, -0.15) is 0 Å². The third-order valence-corrected chi connectivity index (χ3v) is 6.44. The Balaban J connectivity index is 1.44. The minimum atomic E-state index is -1.51. The molecule has 1 aliphatic rings. The zero-order valence-corrected chi connectivity index (χ0v) is 20.8. The molecule has 1 aliphatic carbocycles. The van der Waals surface area contributed by atoms with Crippen LogP contribution >= 0.6 is 0 Å². The van der Waals surface area contributed by atoms with Gasteiger partial charge in [0.25, 0.3) is 0 Å². The number of carbonyl (C=O) groups is 2. The Morgan fingerprint density at radius 3 is 2.14 bits per heavy atom. The highest BCUT2D eigenvalue weighted by Gasteiger charge is 2.27. The van der Waals surface area contributed by atoms with Gasteiger partial charge in [-0.25, -0.2) is 14.0 Å². The molecule has 0 radical (unpaired) electrons. The summed E-state index contributed by atoms with van der Waals surface area (Å²) >= 11 is 0. The molecule has 0 aromatic heterocycles. The highest BCUT2D eigenvalue weighted by Crippen LogP contribution is 2.35. The van der Waals surface area contributed by atoms with Gasteiger partial charge in [0.05, 0.1) is 12.2 Å². The van der Waals surface area contributed by atoms with E-state index in [0.29, 0.717) is 30.3 Å². The third-order valence-electron chi connectivity index (χ3n) is 6.44. The molecule has 1 atom stereocenters. The SMILES string of the molecule is CCCCOc1ccc(C(=O)Oc2ccc([C@H]3CC[C@H](OC(=O)[C@@H](F)CCCC)CC3)cc2)cc1. The van der Waals surface area contributed by atoms with Crippen molar-refractivity contribution >= 4 is 11.9 Å². The van der Waals surface area contributed by atoms with Crippen LogP contribution in [0.1, 0.15) is 93.5 Å². The highest BCUT2D eigenvalue weighted by atomic mass is 19.1. The van der Waals surface area contributed by atoms with Crippen molar-refractivity contribution < 1.29 is 28.2 Å². The minimum absolute atomic E-state index is 0.206. The van der Waals surface area contributed by atoms with Crippen LogP contribution in [0.5, 0.6) is 11.5 Å². The van der Waals surface area contributed by atoms with Gasteiger partial charge in [-0.05, 0) is 86.4 Å². The van der Waals surface area contributed by atoms with Gasteiger partial charge < -0.3 is 14.2 Å². The lowest BCUT2D eigenvalue weighted by Crippen LogP contribution is -2.28. The monoisotopic (exact) mass is 484 g/mol. The van der Waals surface area contributed by atoms with Gasteiger partial charge in [-0.15, -0.1) is 0 Å². The number of carbonyl (C=O) groups excluding carboxylic acids is 2. The average Bonchev–Trinajstić information content (AvgIpc) is 2.88. The van der Waals surface area contributed by atoms with E-state index in [1.54, 1.807) is 24.3 Å². The average molecular weight is 485 g/mol. The van der Waals surface area contributed by atoms with E-state index in [4.69, 9.17) is 14.2 Å². The van der Waals surface area contributed by atoms with Gasteiger partial charge in [0, 0.05) is 0 Å². The van der Waals surface area contributed by atoms with E-state index in [1.807, 2.05) is 31.2 Å². The largest absolute Gasteiger partial charge is 0.494 e. The summed E-state index contributed by atoms with van der Waals surface area (Å²) in [6.07, 6.45) is 5.33. The summed E-state index contributed by atoms with van der Waals surface area (Å²) < 4.78 is 30.4. The van der Waals surface area contributed by atoms with E-state index in [-0.39, 0.29) is 12.5 Å². The van der Waals surface area contributed by atoms with Crippen molar-refractivity contribution in [1.29, 1.82) is 0 Å². The highest BCUT2D eigenvalue weighted by molar-refractivity contribution is 5.91. The Hall–Kier alpha value is -2.89. The molecule has 190 valence electrons. The molecule has 2 aromatic rings. The summed E-state index contributed by atoms with van der Waals surface area (Å²) in [5.74, 6) is 0.448. The van der Waals surface area contributed by atoms with Crippen molar-refractivity contribution in [3.8, 4) is 11.5 Å². The summed E-state index contributed by atoms with van der Waals surface area (Å²) in [4.78, 5) is 24.4. The van der Waals surface area contributed by atoms with E-state index in [9.17, 15) is 14.0 Å². The van der Waals surface area contributed by atoms with Crippen LogP contribution in [0.3, 0.4) is 0 Å². The second kappa shape index (κ2) is 13.9. The number of halogens is 1. The molecule has 3 rings (SSSR count). The molecule has 0 unspecified atom stereocenters. The first-order valence-electron chi connectivity index (χ1n) is 12.9. The van der Waals surface area contributed by atoms with E-state index in [2.05, 4.69) is 6.92 Å². The first-order valence-corrected chi connectivity index (χ1v) is 12.9. The molecule has 6 heteroatoms. The number of unbranched alkanes of at least 4 members (excludes halogenated alkanes) is 2. The van der Waals surface area contributed by atoms with Crippen LogP contribution in [0.15, 0.2) is 48.5 Å². The van der Waals surface area contributed by atoms with E-state index < -0.39 is 18.1 Å². The smallest absolute Gasteiger partial charge is 0.343 e. The molecule has 0 amide bonds. The number of alkyl halides is 1. The molecule has 5 nitrogen and oxygen atoms in total. The molecule has 0 spiro atoms. The van der Waals surface area contributed by atoms with E-state index in [0.717, 1.165) is 56.3 Å². The molecule has 1 saturated carbocycles. The molecule has 35 heavy (non-hydrogen) atoms. The predicted octanol–water partition coefficient (Wildman–Crippen LogP) is 7.18. The maximum atomic E-state index is 13.9. The maximum Gasteiger partial charge on any atom is 0.343 e. The predicted molar refractivity (Wildman–Crippen MR) is 134 cm³/mol. The second-order valence-electron chi connectivity index (χ2n) is 9.21. The number of hydrogen-bond donors (Lipinski definition) is 0. The molecule has 0 aliphatic heterocycles. The molecule has 0 heterocycles. The number of esters is 2. The van der Waals surface area contributed by atoms with Gasteiger partial charge >= 0.3 is 11.9 Å². The van der Waals surface area contributed by atoms with Gasteiger partial charge in [0.1, 0.15) is 17.6 Å². The summed E-state index contributed by atoms with van der Waals surface area (Å²) in [6.45, 7) is 4.74. The van der Waals surface area contributed by atoms with E-state index in [1.165, 1.54) is 0 Å². The Kier molecular flexibility index (Phi) is 10.6. The molecule has 0 saturated heterocycles. The third kappa shape index (κ3) is 8.37. The number of benzene rings is 2. The summed E-state index contributed by atoms with van der Waals surface area (Å²) in [7, 11) is 0. The summed E-state index contributed by atoms with van der Waals surface area (Å²) in [5.41, 5.74) is 1.63. The fourth-order valence-electron chi connectivity index (χ4n) is 4.25. The molecule has 0 bridgehead atoms. The van der Waals surface area contributed by atoms with Gasteiger partial charge in [-0.3, -0.25) is 0 Å².